The summed E-state index contributed by atoms with van der Waals surface area (Å²) in [6.45, 7) is 5.93. The molecule has 2 fully saturated rings. The number of nitrogens with one attached hydrogen (secondary N) is 1. The highest BCUT2D eigenvalue weighted by molar-refractivity contribution is 7.09. The molecule has 3 heterocycles. The molecule has 2 amide bonds. The maximum Gasteiger partial charge on any atom is 0.238 e. The molecule has 4 rings (SSSR count). The van der Waals surface area contributed by atoms with E-state index >= 15 is 0 Å². The number of hydrogen-bond acceptors (Lipinski definition) is 5. The van der Waals surface area contributed by atoms with E-state index in [1.54, 1.807) is 16.2 Å². The van der Waals surface area contributed by atoms with Gasteiger partial charge in [-0.2, -0.15) is 0 Å². The molecule has 148 valence electrons. The molecule has 0 saturated carbocycles. The second-order valence-corrected chi connectivity index (χ2v) is 8.41. The first-order chi connectivity index (χ1) is 13.7. The van der Waals surface area contributed by atoms with Gasteiger partial charge in [-0.05, 0) is 36.1 Å². The summed E-state index contributed by atoms with van der Waals surface area (Å²) in [5.41, 5.74) is 1.61. The fourth-order valence-corrected chi connectivity index (χ4v) is 4.55. The van der Waals surface area contributed by atoms with Gasteiger partial charge in [0, 0.05) is 61.9 Å². The van der Waals surface area contributed by atoms with Crippen molar-refractivity contribution in [1.82, 2.24) is 9.80 Å². The minimum Gasteiger partial charge on any atom is -0.325 e. The Balaban J connectivity index is 1.25. The summed E-state index contributed by atoms with van der Waals surface area (Å²) >= 11 is 1.80. The molecule has 1 aromatic carbocycles. The quantitative estimate of drug-likeness (QED) is 0.813. The van der Waals surface area contributed by atoms with Crippen LogP contribution in [0.2, 0.25) is 0 Å². The maximum atomic E-state index is 12.5. The van der Waals surface area contributed by atoms with Crippen LogP contribution in [0.4, 0.5) is 11.4 Å². The van der Waals surface area contributed by atoms with Gasteiger partial charge < -0.3 is 10.2 Å². The maximum absolute atomic E-state index is 12.5. The van der Waals surface area contributed by atoms with E-state index in [-0.39, 0.29) is 11.8 Å². The van der Waals surface area contributed by atoms with Gasteiger partial charge in [-0.15, -0.1) is 11.3 Å². The summed E-state index contributed by atoms with van der Waals surface area (Å²) in [6.07, 6.45) is 1.50. The summed E-state index contributed by atoms with van der Waals surface area (Å²) in [4.78, 5) is 32.2. The minimum absolute atomic E-state index is 0.00314. The predicted octanol–water partition coefficient (Wildman–Crippen LogP) is 2.63. The number of nitrogens with zero attached hydrogens (tertiary/aromatic N) is 3. The lowest BCUT2D eigenvalue weighted by atomic mass is 10.2. The predicted molar refractivity (Wildman–Crippen MR) is 113 cm³/mol. The largest absolute Gasteiger partial charge is 0.325 e. The van der Waals surface area contributed by atoms with Crippen molar-refractivity contribution in [2.45, 2.75) is 19.4 Å². The number of amides is 2. The van der Waals surface area contributed by atoms with Gasteiger partial charge in [0.1, 0.15) is 0 Å². The second kappa shape index (κ2) is 8.86. The van der Waals surface area contributed by atoms with E-state index in [9.17, 15) is 9.59 Å². The third-order valence-corrected chi connectivity index (χ3v) is 6.17. The van der Waals surface area contributed by atoms with E-state index in [0.29, 0.717) is 13.0 Å². The number of hydrogen-bond donors (Lipinski definition) is 1. The highest BCUT2D eigenvalue weighted by Gasteiger charge is 2.22. The van der Waals surface area contributed by atoms with E-state index in [0.717, 1.165) is 57.1 Å². The van der Waals surface area contributed by atoms with Crippen LogP contribution in [0.5, 0.6) is 0 Å². The SMILES string of the molecule is O=C(CN1CCN(Cc2cccs2)CC1)Nc1cccc(N2CCCC2=O)c1. The summed E-state index contributed by atoms with van der Waals surface area (Å²) in [5, 5.41) is 5.10. The van der Waals surface area contributed by atoms with Gasteiger partial charge in [0.05, 0.1) is 6.54 Å². The number of rotatable bonds is 6. The summed E-state index contributed by atoms with van der Waals surface area (Å²) in [5.74, 6) is 0.153. The van der Waals surface area contributed by atoms with Crippen LogP contribution in [0.25, 0.3) is 0 Å². The van der Waals surface area contributed by atoms with Crippen LogP contribution >= 0.6 is 11.3 Å². The Hall–Kier alpha value is -2.22. The van der Waals surface area contributed by atoms with Crippen molar-refractivity contribution >= 4 is 34.5 Å². The normalized spacial score (nSPS) is 18.6. The highest BCUT2D eigenvalue weighted by atomic mass is 32.1. The molecule has 7 heteroatoms. The van der Waals surface area contributed by atoms with Gasteiger partial charge in [0.2, 0.25) is 11.8 Å². The number of piperazine rings is 1. The average molecular weight is 399 g/mol. The highest BCUT2D eigenvalue weighted by Crippen LogP contribution is 2.24. The van der Waals surface area contributed by atoms with Gasteiger partial charge in [-0.1, -0.05) is 12.1 Å². The number of anilines is 2. The summed E-state index contributed by atoms with van der Waals surface area (Å²) in [7, 11) is 0. The lowest BCUT2D eigenvalue weighted by molar-refractivity contribution is -0.118. The van der Waals surface area contributed by atoms with Crippen LogP contribution in [0, 0.1) is 0 Å². The second-order valence-electron chi connectivity index (χ2n) is 7.38. The summed E-state index contributed by atoms with van der Waals surface area (Å²) < 4.78 is 0. The fourth-order valence-electron chi connectivity index (χ4n) is 3.80. The van der Waals surface area contributed by atoms with Gasteiger partial charge >= 0.3 is 0 Å². The van der Waals surface area contributed by atoms with Crippen LogP contribution in [0.3, 0.4) is 0 Å². The van der Waals surface area contributed by atoms with Crippen molar-refractivity contribution in [3.05, 3.63) is 46.7 Å². The number of benzene rings is 1. The fraction of sp³-hybridized carbons (Fsp3) is 0.429. The monoisotopic (exact) mass is 398 g/mol. The lowest BCUT2D eigenvalue weighted by Gasteiger charge is -2.34. The first-order valence-electron chi connectivity index (χ1n) is 9.85. The van der Waals surface area contributed by atoms with Gasteiger partial charge in [-0.25, -0.2) is 0 Å². The van der Waals surface area contributed by atoms with E-state index in [1.807, 2.05) is 24.3 Å². The molecule has 0 radical (unpaired) electrons. The van der Waals surface area contributed by atoms with Gasteiger partial charge in [0.15, 0.2) is 0 Å². The van der Waals surface area contributed by atoms with E-state index in [4.69, 9.17) is 0 Å². The zero-order valence-electron chi connectivity index (χ0n) is 16.0. The minimum atomic E-state index is -0.00314. The van der Waals surface area contributed by atoms with Crippen LogP contribution in [0.1, 0.15) is 17.7 Å². The zero-order chi connectivity index (χ0) is 19.3. The first-order valence-corrected chi connectivity index (χ1v) is 10.7. The first kappa shape index (κ1) is 19.1. The molecule has 0 bridgehead atoms. The molecule has 2 aliphatic heterocycles. The zero-order valence-corrected chi connectivity index (χ0v) is 16.8. The molecule has 0 spiro atoms. The molecule has 1 aromatic heterocycles. The average Bonchev–Trinajstić information content (AvgIpc) is 3.35. The van der Waals surface area contributed by atoms with Gasteiger partial charge in [0.25, 0.3) is 0 Å². The molecule has 1 N–H and O–H groups in total. The van der Waals surface area contributed by atoms with Crippen LogP contribution < -0.4 is 10.2 Å². The Morgan fingerprint density at radius 1 is 1.04 bits per heavy atom. The molecule has 28 heavy (non-hydrogen) atoms. The van der Waals surface area contributed by atoms with Crippen molar-refractivity contribution in [2.24, 2.45) is 0 Å². The molecule has 0 unspecified atom stereocenters. The molecule has 0 aliphatic carbocycles. The number of carbonyl (C=O) groups is 2. The van der Waals surface area contributed by atoms with E-state index < -0.39 is 0 Å². The topological polar surface area (TPSA) is 55.9 Å². The molecule has 2 aliphatic rings. The molecule has 6 nitrogen and oxygen atoms in total. The van der Waals surface area contributed by atoms with E-state index in [1.165, 1.54) is 4.88 Å². The van der Waals surface area contributed by atoms with Crippen molar-refractivity contribution in [3.63, 3.8) is 0 Å². The Labute approximate surface area is 169 Å². The third-order valence-electron chi connectivity index (χ3n) is 5.31. The smallest absolute Gasteiger partial charge is 0.238 e. The van der Waals surface area contributed by atoms with Crippen molar-refractivity contribution in [2.75, 3.05) is 49.5 Å². The van der Waals surface area contributed by atoms with E-state index in [2.05, 4.69) is 32.6 Å². The third kappa shape index (κ3) is 4.79. The molecule has 0 atom stereocenters. The number of carbonyl (C=O) groups excluding carboxylic acids is 2. The van der Waals surface area contributed by atoms with Crippen LogP contribution in [0.15, 0.2) is 41.8 Å². The Morgan fingerprint density at radius 3 is 2.57 bits per heavy atom. The van der Waals surface area contributed by atoms with Crippen molar-refractivity contribution < 1.29 is 9.59 Å². The Bertz CT molecular complexity index is 816. The van der Waals surface area contributed by atoms with Gasteiger partial charge in [-0.3, -0.25) is 19.4 Å². The standard InChI is InChI=1S/C21H26N4O2S/c26-20(16-24-11-9-23(10-12-24)15-19-6-3-13-28-19)22-17-4-1-5-18(14-17)25-8-2-7-21(25)27/h1,3-6,13-14H,2,7-12,15-16H2,(H,22,26). The molecular weight excluding hydrogens is 372 g/mol. The molecular formula is C21H26N4O2S. The van der Waals surface area contributed by atoms with Crippen molar-refractivity contribution in [1.29, 1.82) is 0 Å². The Morgan fingerprint density at radius 2 is 1.86 bits per heavy atom. The molecule has 2 aromatic rings. The van der Waals surface area contributed by atoms with Crippen LogP contribution in [-0.2, 0) is 16.1 Å². The molecule has 2 saturated heterocycles. The Kier molecular flexibility index (Phi) is 6.04. The van der Waals surface area contributed by atoms with Crippen molar-refractivity contribution in [3.8, 4) is 0 Å². The summed E-state index contributed by atoms with van der Waals surface area (Å²) in [6, 6.07) is 11.8. The number of thiophene rings is 1. The van der Waals surface area contributed by atoms with Crippen LogP contribution in [-0.4, -0.2) is 60.9 Å². The lowest BCUT2D eigenvalue weighted by Crippen LogP contribution is -2.48.